The van der Waals surface area contributed by atoms with E-state index < -0.39 is 0 Å². The molecular weight excluding hydrogens is 142 g/mol. The molecule has 1 heterocycles. The second-order valence-electron chi connectivity index (χ2n) is 3.86. The third-order valence-electron chi connectivity index (χ3n) is 2.05. The summed E-state index contributed by atoms with van der Waals surface area (Å²) in [5.74, 6) is 0. The van der Waals surface area contributed by atoms with Crippen molar-refractivity contribution >= 4 is 19.4 Å². The molecule has 0 radical (unpaired) electrons. The molecular formula is C6H17NSi2. The van der Waals surface area contributed by atoms with Gasteiger partial charge >= 0.3 is 0 Å². The highest BCUT2D eigenvalue weighted by Gasteiger charge is 2.23. The molecule has 0 aromatic heterocycles. The predicted octanol–water partition coefficient (Wildman–Crippen LogP) is 0.105. The fourth-order valence-electron chi connectivity index (χ4n) is 1.39. The molecule has 0 spiro atoms. The Balaban J connectivity index is 2.42. The summed E-state index contributed by atoms with van der Waals surface area (Å²) in [6.07, 6.45) is 0. The zero-order valence-corrected chi connectivity index (χ0v) is 9.60. The number of hydrogen-bond donors (Lipinski definition) is 0. The lowest BCUT2D eigenvalue weighted by Gasteiger charge is -2.31. The molecule has 1 saturated heterocycles. The normalized spacial score (nSPS) is 28.3. The molecule has 1 aliphatic rings. The van der Waals surface area contributed by atoms with Gasteiger partial charge in [0.2, 0.25) is 0 Å². The molecule has 54 valence electrons. The molecule has 3 heteroatoms. The van der Waals surface area contributed by atoms with Crippen LogP contribution in [0.5, 0.6) is 0 Å². The van der Waals surface area contributed by atoms with Gasteiger partial charge in [0.15, 0.2) is 0 Å². The van der Waals surface area contributed by atoms with Crippen LogP contribution in [0.3, 0.4) is 0 Å². The lowest BCUT2D eigenvalue weighted by molar-refractivity contribution is 0.381. The Kier molecular flexibility index (Phi) is 2.13. The first-order valence-electron chi connectivity index (χ1n) is 3.86. The van der Waals surface area contributed by atoms with Crippen LogP contribution in [-0.4, -0.2) is 29.1 Å². The van der Waals surface area contributed by atoms with Crippen molar-refractivity contribution in [3.63, 3.8) is 0 Å². The highest BCUT2D eigenvalue weighted by atomic mass is 28.3. The van der Waals surface area contributed by atoms with E-state index in [1.165, 1.54) is 0 Å². The molecule has 0 amide bonds. The Morgan fingerprint density at radius 1 is 1.11 bits per heavy atom. The van der Waals surface area contributed by atoms with Gasteiger partial charge in [-0.15, -0.1) is 0 Å². The van der Waals surface area contributed by atoms with Crippen molar-refractivity contribution in [1.82, 2.24) is 4.23 Å². The lowest BCUT2D eigenvalue weighted by Crippen LogP contribution is -2.42. The molecule has 9 heavy (non-hydrogen) atoms. The molecule has 0 aromatic carbocycles. The SMILES string of the molecule is CC(C)(C)N1[SiH2]CC[SiH2]1. The van der Waals surface area contributed by atoms with E-state index >= 15 is 0 Å². The highest BCUT2D eigenvalue weighted by Crippen LogP contribution is 2.17. The second-order valence-corrected chi connectivity index (χ2v) is 8.59. The predicted molar refractivity (Wildman–Crippen MR) is 48.3 cm³/mol. The zero-order chi connectivity index (χ0) is 6.91. The minimum Gasteiger partial charge on any atom is -0.351 e. The van der Waals surface area contributed by atoms with E-state index in [2.05, 4.69) is 25.0 Å². The van der Waals surface area contributed by atoms with Crippen molar-refractivity contribution in [2.45, 2.75) is 38.4 Å². The van der Waals surface area contributed by atoms with E-state index in [1.807, 2.05) is 0 Å². The van der Waals surface area contributed by atoms with Gasteiger partial charge in [0, 0.05) is 0 Å². The van der Waals surface area contributed by atoms with E-state index in [1.54, 1.807) is 12.1 Å². The van der Waals surface area contributed by atoms with Crippen LogP contribution in [0.2, 0.25) is 12.1 Å². The maximum Gasteiger partial charge on any atom is 0.0873 e. The smallest absolute Gasteiger partial charge is 0.0873 e. The van der Waals surface area contributed by atoms with Crippen molar-refractivity contribution in [2.24, 2.45) is 0 Å². The quantitative estimate of drug-likeness (QED) is 0.453. The van der Waals surface area contributed by atoms with E-state index in [0.29, 0.717) is 5.54 Å². The molecule has 0 unspecified atom stereocenters. The minimum atomic E-state index is 0.248. The van der Waals surface area contributed by atoms with E-state index in [9.17, 15) is 0 Å². The molecule has 1 rings (SSSR count). The van der Waals surface area contributed by atoms with Crippen LogP contribution in [0.25, 0.3) is 0 Å². The third-order valence-corrected chi connectivity index (χ3v) is 9.56. The van der Waals surface area contributed by atoms with Crippen molar-refractivity contribution in [3.8, 4) is 0 Å². The lowest BCUT2D eigenvalue weighted by atomic mass is 10.1. The van der Waals surface area contributed by atoms with Gasteiger partial charge in [0.1, 0.15) is 0 Å². The maximum absolute atomic E-state index is 2.83. The second kappa shape index (κ2) is 2.56. The summed E-state index contributed by atoms with van der Waals surface area (Å²) in [5, 5.41) is 0. The summed E-state index contributed by atoms with van der Waals surface area (Å²) in [4.78, 5) is 0. The zero-order valence-electron chi connectivity index (χ0n) is 6.78. The van der Waals surface area contributed by atoms with Crippen molar-refractivity contribution < 1.29 is 0 Å². The van der Waals surface area contributed by atoms with E-state index in [0.717, 1.165) is 0 Å². The van der Waals surface area contributed by atoms with Gasteiger partial charge in [0.25, 0.3) is 0 Å². The Bertz CT molecular complexity index is 91.7. The molecule has 0 aliphatic carbocycles. The van der Waals surface area contributed by atoms with Crippen LogP contribution >= 0.6 is 0 Å². The summed E-state index contributed by atoms with van der Waals surface area (Å²) in [6.45, 7) is 7.08. The molecule has 1 nitrogen and oxygen atoms in total. The van der Waals surface area contributed by atoms with Gasteiger partial charge in [0.05, 0.1) is 19.4 Å². The molecule has 1 fully saturated rings. The number of hydrogen-bond acceptors (Lipinski definition) is 1. The molecule has 0 N–H and O–H groups in total. The van der Waals surface area contributed by atoms with Crippen LogP contribution in [-0.2, 0) is 0 Å². The Morgan fingerprint density at radius 3 is 1.78 bits per heavy atom. The van der Waals surface area contributed by atoms with Crippen LogP contribution < -0.4 is 0 Å². The minimum absolute atomic E-state index is 0.248. The first kappa shape index (κ1) is 7.50. The third kappa shape index (κ3) is 1.91. The fourth-order valence-corrected chi connectivity index (χ4v) is 7.52. The van der Waals surface area contributed by atoms with Crippen molar-refractivity contribution in [2.75, 3.05) is 0 Å². The van der Waals surface area contributed by atoms with Gasteiger partial charge in [-0.05, 0) is 26.3 Å². The Hall–Kier alpha value is 0.394. The first-order chi connectivity index (χ1) is 4.11. The van der Waals surface area contributed by atoms with Gasteiger partial charge in [-0.1, -0.05) is 12.1 Å². The topological polar surface area (TPSA) is 3.24 Å². The van der Waals surface area contributed by atoms with Gasteiger partial charge in [-0.2, -0.15) is 0 Å². The van der Waals surface area contributed by atoms with Crippen LogP contribution in [0.15, 0.2) is 0 Å². The average molecular weight is 159 g/mol. The Labute approximate surface area is 62.6 Å². The van der Waals surface area contributed by atoms with Crippen molar-refractivity contribution in [1.29, 1.82) is 0 Å². The number of nitrogens with zero attached hydrogens (tertiary/aromatic N) is 1. The van der Waals surface area contributed by atoms with Crippen LogP contribution in [0.4, 0.5) is 0 Å². The maximum atomic E-state index is 2.83. The summed E-state index contributed by atoms with van der Waals surface area (Å²) in [6, 6.07) is 3.20. The largest absolute Gasteiger partial charge is 0.351 e. The van der Waals surface area contributed by atoms with Crippen LogP contribution in [0, 0.1) is 0 Å². The highest BCUT2D eigenvalue weighted by molar-refractivity contribution is 6.56. The average Bonchev–Trinajstić information content (AvgIpc) is 2.08. The summed E-state index contributed by atoms with van der Waals surface area (Å²) in [5.41, 5.74) is 0.537. The molecule has 0 atom stereocenters. The van der Waals surface area contributed by atoms with E-state index in [4.69, 9.17) is 0 Å². The van der Waals surface area contributed by atoms with Gasteiger partial charge in [-0.25, -0.2) is 0 Å². The molecule has 1 aliphatic heterocycles. The molecule has 0 bridgehead atoms. The fraction of sp³-hybridized carbons (Fsp3) is 1.00. The van der Waals surface area contributed by atoms with Gasteiger partial charge in [-0.3, -0.25) is 0 Å². The number of rotatable bonds is 0. The standard InChI is InChI=1S/C6H17NSi2/c1-6(2,3)7-8-4-5-9-7/h4-5,8-9H2,1-3H3. The Morgan fingerprint density at radius 2 is 1.56 bits per heavy atom. The summed E-state index contributed by atoms with van der Waals surface area (Å²) >= 11 is 0. The first-order valence-corrected chi connectivity index (χ1v) is 7.12. The molecule has 0 aromatic rings. The summed E-state index contributed by atoms with van der Waals surface area (Å²) < 4.78 is 2.83. The summed E-state index contributed by atoms with van der Waals surface area (Å²) in [7, 11) is 0.496. The van der Waals surface area contributed by atoms with Gasteiger partial charge < -0.3 is 4.23 Å². The van der Waals surface area contributed by atoms with Crippen LogP contribution in [0.1, 0.15) is 20.8 Å². The van der Waals surface area contributed by atoms with Crippen molar-refractivity contribution in [3.05, 3.63) is 0 Å². The monoisotopic (exact) mass is 159 g/mol. The molecule has 0 saturated carbocycles. The van der Waals surface area contributed by atoms with E-state index in [-0.39, 0.29) is 19.4 Å².